The Bertz CT molecular complexity index is 1180. The molecular weight excluding hydrogens is 444 g/mol. The molecule has 2 amide bonds. The fourth-order valence-corrected chi connectivity index (χ4v) is 3.61. The lowest BCUT2D eigenvalue weighted by atomic mass is 10.1. The van der Waals surface area contributed by atoms with Crippen molar-refractivity contribution < 1.29 is 19.1 Å². The number of nitrogens with zero attached hydrogens (tertiary/aromatic N) is 3. The van der Waals surface area contributed by atoms with Gasteiger partial charge in [0.15, 0.2) is 11.5 Å². The van der Waals surface area contributed by atoms with Crippen LogP contribution in [0.15, 0.2) is 78.0 Å². The summed E-state index contributed by atoms with van der Waals surface area (Å²) in [4.78, 5) is 29.0. The highest BCUT2D eigenvalue weighted by Crippen LogP contribution is 2.30. The molecule has 3 aromatic rings. The van der Waals surface area contributed by atoms with Gasteiger partial charge in [-0.05, 0) is 30.2 Å². The molecule has 1 aromatic heterocycles. The largest absolute Gasteiger partial charge is 0.490 e. The Labute approximate surface area is 204 Å². The highest BCUT2D eigenvalue weighted by Gasteiger charge is 2.21. The van der Waals surface area contributed by atoms with Crippen molar-refractivity contribution in [3.63, 3.8) is 0 Å². The van der Waals surface area contributed by atoms with E-state index in [1.54, 1.807) is 12.3 Å². The summed E-state index contributed by atoms with van der Waals surface area (Å²) in [5, 5.41) is 8.71. The molecule has 0 bridgehead atoms. The minimum atomic E-state index is -0.198. The van der Waals surface area contributed by atoms with Gasteiger partial charge in [0.1, 0.15) is 0 Å². The van der Waals surface area contributed by atoms with Crippen LogP contribution in [0.25, 0.3) is 0 Å². The number of rotatable bonds is 10. The summed E-state index contributed by atoms with van der Waals surface area (Å²) in [5.41, 5.74) is 2.74. The van der Waals surface area contributed by atoms with Crippen LogP contribution in [0.5, 0.6) is 17.4 Å². The van der Waals surface area contributed by atoms with Crippen LogP contribution in [0, 0.1) is 0 Å². The molecule has 2 heterocycles. The number of hydrogen-bond acceptors (Lipinski definition) is 6. The average Bonchev–Trinajstić information content (AvgIpc) is 3.39. The van der Waals surface area contributed by atoms with Gasteiger partial charge in [-0.3, -0.25) is 9.59 Å². The number of benzene rings is 2. The Kier molecular flexibility index (Phi) is 8.06. The highest BCUT2D eigenvalue weighted by atomic mass is 16.5. The number of carbonyl (C=O) groups excluding carboxylic acids is 2. The van der Waals surface area contributed by atoms with Crippen LogP contribution < -0.4 is 14.8 Å². The quantitative estimate of drug-likeness (QED) is 0.475. The van der Waals surface area contributed by atoms with Crippen molar-refractivity contribution in [3.05, 3.63) is 84.1 Å². The molecule has 1 aliphatic heterocycles. The fraction of sp³-hybridized carbons (Fsp3) is 0.259. The minimum Gasteiger partial charge on any atom is -0.490 e. The maximum absolute atomic E-state index is 12.5. The molecule has 35 heavy (non-hydrogen) atoms. The molecule has 1 N–H and O–H groups in total. The summed E-state index contributed by atoms with van der Waals surface area (Å²) in [5.74, 6) is 1.32. The van der Waals surface area contributed by atoms with Crippen molar-refractivity contribution in [2.75, 3.05) is 13.2 Å². The van der Waals surface area contributed by atoms with Crippen molar-refractivity contribution in [2.45, 2.75) is 32.7 Å². The fourth-order valence-electron chi connectivity index (χ4n) is 3.61. The molecule has 0 saturated carbocycles. The number of hydrogen-bond donors (Lipinski definition) is 1. The molecule has 2 aromatic carbocycles. The Morgan fingerprint density at radius 1 is 0.971 bits per heavy atom. The lowest BCUT2D eigenvalue weighted by Gasteiger charge is -2.12. The van der Waals surface area contributed by atoms with E-state index in [9.17, 15) is 9.59 Å². The Morgan fingerprint density at radius 2 is 1.74 bits per heavy atom. The van der Waals surface area contributed by atoms with E-state index in [2.05, 4.69) is 15.4 Å². The molecule has 0 fully saturated rings. The van der Waals surface area contributed by atoms with E-state index in [0.717, 1.165) is 16.8 Å². The van der Waals surface area contributed by atoms with E-state index in [1.165, 1.54) is 5.01 Å². The standard InChI is InChI=1S/C27H28N4O4/c1-2-34-23-10-6-7-11-24(23)35-26-14-12-20(19-29-26)18-28-25(32)13-15-27(33)31-17-16-22(30-31)21-8-4-3-5-9-21/h3-12,14,19H,2,13,15-18H2,1H3,(H,28,32). The zero-order valence-corrected chi connectivity index (χ0v) is 19.6. The van der Waals surface area contributed by atoms with E-state index >= 15 is 0 Å². The lowest BCUT2D eigenvalue weighted by molar-refractivity contribution is -0.133. The summed E-state index contributed by atoms with van der Waals surface area (Å²) in [6.45, 7) is 3.31. The molecule has 0 radical (unpaired) electrons. The number of carbonyl (C=O) groups is 2. The maximum atomic E-state index is 12.5. The van der Waals surface area contributed by atoms with Crippen molar-refractivity contribution in [1.82, 2.24) is 15.3 Å². The van der Waals surface area contributed by atoms with Crippen LogP contribution in [0.1, 0.15) is 37.3 Å². The first-order chi connectivity index (χ1) is 17.1. The van der Waals surface area contributed by atoms with Crippen LogP contribution in [0.4, 0.5) is 0 Å². The van der Waals surface area contributed by atoms with Gasteiger partial charge < -0.3 is 14.8 Å². The third-order valence-corrected chi connectivity index (χ3v) is 5.41. The first kappa shape index (κ1) is 23.9. The molecule has 0 spiro atoms. The van der Waals surface area contributed by atoms with Gasteiger partial charge in [0.25, 0.3) is 0 Å². The van der Waals surface area contributed by atoms with Crippen LogP contribution in [0.2, 0.25) is 0 Å². The third-order valence-electron chi connectivity index (χ3n) is 5.41. The van der Waals surface area contributed by atoms with Crippen LogP contribution in [-0.2, 0) is 16.1 Å². The molecule has 8 heteroatoms. The summed E-state index contributed by atoms with van der Waals surface area (Å²) >= 11 is 0. The normalized spacial score (nSPS) is 12.7. The smallest absolute Gasteiger partial charge is 0.243 e. The summed E-state index contributed by atoms with van der Waals surface area (Å²) in [6.07, 6.45) is 2.58. The van der Waals surface area contributed by atoms with Crippen molar-refractivity contribution in [3.8, 4) is 17.4 Å². The van der Waals surface area contributed by atoms with Gasteiger partial charge >= 0.3 is 0 Å². The molecule has 0 aliphatic carbocycles. The molecule has 1 aliphatic rings. The summed E-state index contributed by atoms with van der Waals surface area (Å²) in [6, 6.07) is 20.8. The van der Waals surface area contributed by atoms with Gasteiger partial charge in [-0.25, -0.2) is 9.99 Å². The van der Waals surface area contributed by atoms with Crippen LogP contribution in [-0.4, -0.2) is 40.7 Å². The Hall–Kier alpha value is -4.20. The minimum absolute atomic E-state index is 0.106. The molecule has 4 rings (SSSR count). The lowest BCUT2D eigenvalue weighted by Crippen LogP contribution is -2.27. The number of pyridine rings is 1. The number of aromatic nitrogens is 1. The predicted octanol–water partition coefficient (Wildman–Crippen LogP) is 4.31. The first-order valence-electron chi connectivity index (χ1n) is 11.7. The number of nitrogens with one attached hydrogen (secondary N) is 1. The molecule has 0 unspecified atom stereocenters. The van der Waals surface area contributed by atoms with Crippen LogP contribution in [0.3, 0.4) is 0 Å². The van der Waals surface area contributed by atoms with Gasteiger partial charge in [-0.2, -0.15) is 5.10 Å². The van der Waals surface area contributed by atoms with Crippen LogP contribution >= 0.6 is 0 Å². The predicted molar refractivity (Wildman–Crippen MR) is 132 cm³/mol. The molecule has 180 valence electrons. The second-order valence-electron chi connectivity index (χ2n) is 7.94. The topological polar surface area (TPSA) is 93.1 Å². The van der Waals surface area contributed by atoms with Crippen molar-refractivity contribution >= 4 is 17.5 Å². The monoisotopic (exact) mass is 472 g/mol. The van der Waals surface area contributed by atoms with E-state index < -0.39 is 0 Å². The molecular formula is C27H28N4O4. The molecule has 8 nitrogen and oxygen atoms in total. The van der Waals surface area contributed by atoms with Gasteiger partial charge in [-0.15, -0.1) is 0 Å². The number of hydrazone groups is 1. The Balaban J connectivity index is 1.21. The van der Waals surface area contributed by atoms with Gasteiger partial charge in [0, 0.05) is 38.1 Å². The first-order valence-corrected chi connectivity index (χ1v) is 11.7. The summed E-state index contributed by atoms with van der Waals surface area (Å²) in [7, 11) is 0. The third kappa shape index (κ3) is 6.66. The average molecular weight is 473 g/mol. The van der Waals surface area contributed by atoms with E-state index in [-0.39, 0.29) is 24.7 Å². The SMILES string of the molecule is CCOc1ccccc1Oc1ccc(CNC(=O)CCC(=O)N2CCC(c3ccccc3)=N2)cn1. The number of amides is 2. The van der Waals surface area contributed by atoms with Gasteiger partial charge in [-0.1, -0.05) is 48.5 Å². The number of ether oxygens (including phenoxy) is 2. The zero-order valence-electron chi connectivity index (χ0n) is 19.6. The maximum Gasteiger partial charge on any atom is 0.243 e. The second-order valence-corrected chi connectivity index (χ2v) is 7.94. The van der Waals surface area contributed by atoms with Gasteiger partial charge in [0.05, 0.1) is 18.9 Å². The second kappa shape index (κ2) is 11.8. The van der Waals surface area contributed by atoms with E-state index in [4.69, 9.17) is 9.47 Å². The molecule has 0 atom stereocenters. The van der Waals surface area contributed by atoms with Gasteiger partial charge in [0.2, 0.25) is 17.7 Å². The highest BCUT2D eigenvalue weighted by molar-refractivity contribution is 6.02. The van der Waals surface area contributed by atoms with E-state index in [0.29, 0.717) is 43.5 Å². The number of para-hydroxylation sites is 2. The van der Waals surface area contributed by atoms with Crippen molar-refractivity contribution in [2.24, 2.45) is 5.10 Å². The molecule has 0 saturated heterocycles. The zero-order chi connectivity index (χ0) is 24.5. The van der Waals surface area contributed by atoms with Crippen molar-refractivity contribution in [1.29, 1.82) is 0 Å². The Morgan fingerprint density at radius 3 is 2.49 bits per heavy atom. The van der Waals surface area contributed by atoms with E-state index in [1.807, 2.05) is 67.6 Å². The summed E-state index contributed by atoms with van der Waals surface area (Å²) < 4.78 is 11.4.